The summed E-state index contributed by atoms with van der Waals surface area (Å²) in [6.07, 6.45) is -0.0553. The number of rotatable bonds is 8. The van der Waals surface area contributed by atoms with Crippen LogP contribution in [0.3, 0.4) is 0 Å². The molecular formula is C21H24ClNO4. The standard InChI is InChI=1S/C21H24ClNO4/c1-14(2)27-21(25)13-19(17-9-4-5-10-18(17)22)23-20(24)12-15-7-6-8-16(11-15)26-3/h4-11,14,19H,12-13H2,1-3H3,(H,23,24)/t19-/m0/s1. The highest BCUT2D eigenvalue weighted by atomic mass is 35.5. The minimum atomic E-state index is -0.567. The Morgan fingerprint density at radius 3 is 2.52 bits per heavy atom. The molecule has 0 radical (unpaired) electrons. The molecule has 1 atom stereocenters. The number of hydrogen-bond donors (Lipinski definition) is 1. The molecule has 1 amide bonds. The zero-order valence-corrected chi connectivity index (χ0v) is 16.5. The number of ether oxygens (including phenoxy) is 2. The van der Waals surface area contributed by atoms with Gasteiger partial charge < -0.3 is 14.8 Å². The van der Waals surface area contributed by atoms with Gasteiger partial charge in [0.2, 0.25) is 5.91 Å². The summed E-state index contributed by atoms with van der Waals surface area (Å²) in [5, 5.41) is 3.39. The van der Waals surface area contributed by atoms with Crippen LogP contribution in [0.15, 0.2) is 48.5 Å². The van der Waals surface area contributed by atoms with Gasteiger partial charge in [0.15, 0.2) is 0 Å². The molecule has 0 bridgehead atoms. The van der Waals surface area contributed by atoms with E-state index in [4.69, 9.17) is 21.1 Å². The van der Waals surface area contributed by atoms with Crippen LogP contribution in [-0.4, -0.2) is 25.1 Å². The van der Waals surface area contributed by atoms with Crippen LogP contribution in [0.1, 0.15) is 37.4 Å². The molecule has 0 unspecified atom stereocenters. The molecule has 2 aromatic carbocycles. The normalized spacial score (nSPS) is 11.7. The average Bonchev–Trinajstić information content (AvgIpc) is 2.61. The first-order valence-electron chi connectivity index (χ1n) is 8.75. The summed E-state index contributed by atoms with van der Waals surface area (Å²) in [5.41, 5.74) is 1.49. The minimum Gasteiger partial charge on any atom is -0.497 e. The molecule has 0 saturated carbocycles. The molecule has 2 aromatic rings. The highest BCUT2D eigenvalue weighted by Gasteiger charge is 2.22. The van der Waals surface area contributed by atoms with Crippen LogP contribution in [-0.2, 0) is 20.7 Å². The fourth-order valence-electron chi connectivity index (χ4n) is 2.69. The molecule has 0 aliphatic carbocycles. The average molecular weight is 390 g/mol. The molecule has 6 heteroatoms. The second kappa shape index (κ2) is 9.97. The van der Waals surface area contributed by atoms with Crippen molar-refractivity contribution in [1.82, 2.24) is 5.32 Å². The van der Waals surface area contributed by atoms with Crippen LogP contribution in [0.4, 0.5) is 0 Å². The van der Waals surface area contributed by atoms with Crippen LogP contribution in [0.5, 0.6) is 5.75 Å². The van der Waals surface area contributed by atoms with Crippen molar-refractivity contribution in [2.24, 2.45) is 0 Å². The van der Waals surface area contributed by atoms with Crippen molar-refractivity contribution >= 4 is 23.5 Å². The van der Waals surface area contributed by atoms with E-state index < -0.39 is 12.0 Å². The Kier molecular flexibility index (Phi) is 7.67. The van der Waals surface area contributed by atoms with Gasteiger partial charge in [0, 0.05) is 5.02 Å². The second-order valence-electron chi connectivity index (χ2n) is 6.41. The molecule has 5 nitrogen and oxygen atoms in total. The van der Waals surface area contributed by atoms with Crippen molar-refractivity contribution in [3.05, 3.63) is 64.7 Å². The van der Waals surface area contributed by atoms with Crippen molar-refractivity contribution < 1.29 is 19.1 Å². The van der Waals surface area contributed by atoms with Crippen LogP contribution in [0.2, 0.25) is 5.02 Å². The minimum absolute atomic E-state index is 0.00572. The predicted molar refractivity (Wildman–Crippen MR) is 105 cm³/mol. The van der Waals surface area contributed by atoms with Gasteiger partial charge in [-0.2, -0.15) is 0 Å². The molecule has 0 spiro atoms. The fourth-order valence-corrected chi connectivity index (χ4v) is 2.95. The van der Waals surface area contributed by atoms with Gasteiger partial charge in [-0.1, -0.05) is 41.9 Å². The molecule has 2 rings (SSSR count). The van der Waals surface area contributed by atoms with E-state index in [2.05, 4.69) is 5.32 Å². The SMILES string of the molecule is COc1cccc(CC(=O)N[C@@H](CC(=O)OC(C)C)c2ccccc2Cl)c1. The zero-order chi connectivity index (χ0) is 19.8. The number of hydrogen-bond acceptors (Lipinski definition) is 4. The molecule has 144 valence electrons. The van der Waals surface area contributed by atoms with Gasteiger partial charge >= 0.3 is 5.97 Å². The number of halogens is 1. The van der Waals surface area contributed by atoms with Gasteiger partial charge in [-0.25, -0.2) is 0 Å². The Balaban J connectivity index is 2.14. The van der Waals surface area contributed by atoms with E-state index in [9.17, 15) is 9.59 Å². The third-order valence-electron chi connectivity index (χ3n) is 3.85. The third kappa shape index (κ3) is 6.61. The van der Waals surface area contributed by atoms with Gasteiger partial charge in [-0.3, -0.25) is 9.59 Å². The predicted octanol–water partition coefficient (Wildman–Crippen LogP) is 4.09. The maximum Gasteiger partial charge on any atom is 0.308 e. The van der Waals surface area contributed by atoms with Gasteiger partial charge in [0.05, 0.1) is 32.1 Å². The summed E-state index contributed by atoms with van der Waals surface area (Å²) in [6.45, 7) is 3.56. The number of esters is 1. The lowest BCUT2D eigenvalue weighted by atomic mass is 10.0. The number of nitrogens with one attached hydrogen (secondary N) is 1. The van der Waals surface area contributed by atoms with Crippen LogP contribution < -0.4 is 10.1 Å². The Morgan fingerprint density at radius 1 is 1.11 bits per heavy atom. The lowest BCUT2D eigenvalue weighted by molar-refractivity contribution is -0.148. The van der Waals surface area contributed by atoms with Crippen LogP contribution >= 0.6 is 11.6 Å². The van der Waals surface area contributed by atoms with Gasteiger partial charge in [0.25, 0.3) is 0 Å². The van der Waals surface area contributed by atoms with Crippen LogP contribution in [0.25, 0.3) is 0 Å². The van der Waals surface area contributed by atoms with Gasteiger partial charge in [-0.05, 0) is 43.2 Å². The molecule has 0 aliphatic rings. The third-order valence-corrected chi connectivity index (χ3v) is 4.20. The second-order valence-corrected chi connectivity index (χ2v) is 6.82. The Bertz CT molecular complexity index is 791. The maximum absolute atomic E-state index is 12.6. The van der Waals surface area contributed by atoms with E-state index in [1.807, 2.05) is 24.3 Å². The zero-order valence-electron chi connectivity index (χ0n) is 15.7. The topological polar surface area (TPSA) is 64.6 Å². The summed E-state index contributed by atoms with van der Waals surface area (Å²) in [7, 11) is 1.58. The van der Waals surface area contributed by atoms with E-state index in [-0.39, 0.29) is 24.9 Å². The van der Waals surface area contributed by atoms with Crippen molar-refractivity contribution in [2.45, 2.75) is 38.8 Å². The Morgan fingerprint density at radius 2 is 1.85 bits per heavy atom. The quantitative estimate of drug-likeness (QED) is 0.690. The molecule has 0 aromatic heterocycles. The summed E-state index contributed by atoms with van der Waals surface area (Å²) in [4.78, 5) is 24.7. The monoisotopic (exact) mass is 389 g/mol. The summed E-state index contributed by atoms with van der Waals surface area (Å²) >= 11 is 6.27. The summed E-state index contributed by atoms with van der Waals surface area (Å²) in [5.74, 6) is 0.0746. The molecule has 0 aliphatic heterocycles. The molecule has 0 saturated heterocycles. The van der Waals surface area contributed by atoms with E-state index in [0.717, 1.165) is 5.56 Å². The largest absolute Gasteiger partial charge is 0.497 e. The first-order chi connectivity index (χ1) is 12.9. The first-order valence-corrected chi connectivity index (χ1v) is 9.13. The Labute approximate surface area is 164 Å². The molecular weight excluding hydrogens is 366 g/mol. The lowest BCUT2D eigenvalue weighted by Crippen LogP contribution is -2.32. The van der Waals surface area contributed by atoms with Crippen LogP contribution in [0, 0.1) is 0 Å². The fraction of sp³-hybridized carbons (Fsp3) is 0.333. The summed E-state index contributed by atoms with van der Waals surface area (Å²) in [6, 6.07) is 13.9. The van der Waals surface area contributed by atoms with Crippen molar-refractivity contribution in [3.63, 3.8) is 0 Å². The number of benzene rings is 2. The molecule has 0 fully saturated rings. The lowest BCUT2D eigenvalue weighted by Gasteiger charge is -2.20. The summed E-state index contributed by atoms with van der Waals surface area (Å²) < 4.78 is 10.4. The highest BCUT2D eigenvalue weighted by molar-refractivity contribution is 6.31. The van der Waals surface area contributed by atoms with Crippen molar-refractivity contribution in [1.29, 1.82) is 0 Å². The number of carbonyl (C=O) groups excluding carboxylic acids is 2. The molecule has 27 heavy (non-hydrogen) atoms. The number of amides is 1. The maximum atomic E-state index is 12.6. The molecule has 1 N–H and O–H groups in total. The Hall–Kier alpha value is -2.53. The first kappa shape index (κ1) is 20.8. The van der Waals surface area contributed by atoms with E-state index in [1.165, 1.54) is 0 Å². The molecule has 0 heterocycles. The smallest absolute Gasteiger partial charge is 0.308 e. The number of carbonyl (C=O) groups is 2. The van der Waals surface area contributed by atoms with E-state index in [1.54, 1.807) is 45.2 Å². The van der Waals surface area contributed by atoms with Crippen molar-refractivity contribution in [2.75, 3.05) is 7.11 Å². The highest BCUT2D eigenvalue weighted by Crippen LogP contribution is 2.26. The number of methoxy groups -OCH3 is 1. The van der Waals surface area contributed by atoms with Gasteiger partial charge in [-0.15, -0.1) is 0 Å². The van der Waals surface area contributed by atoms with Crippen molar-refractivity contribution in [3.8, 4) is 5.75 Å². The van der Waals surface area contributed by atoms with Gasteiger partial charge in [0.1, 0.15) is 5.75 Å². The van der Waals surface area contributed by atoms with E-state index in [0.29, 0.717) is 16.3 Å². The van der Waals surface area contributed by atoms with E-state index >= 15 is 0 Å².